The molecule has 0 aromatic heterocycles. The average Bonchev–Trinajstić information content (AvgIpc) is 3.60. The largest absolute Gasteiger partial charge is 4.00 e. The summed E-state index contributed by atoms with van der Waals surface area (Å²) in [5.41, 5.74) is 18.6. The molecular formula is C20H44N8S8Ti. The van der Waals surface area contributed by atoms with E-state index in [9.17, 15) is 0 Å². The zero-order valence-corrected chi connectivity index (χ0v) is 29.5. The number of thiocarbonyl (C=S) groups is 4. The van der Waals surface area contributed by atoms with E-state index < -0.39 is 0 Å². The van der Waals surface area contributed by atoms with Crippen LogP contribution in [0.3, 0.4) is 0 Å². The zero-order chi connectivity index (χ0) is 28.5. The number of rotatable bonds is 0. The van der Waals surface area contributed by atoms with Crippen molar-refractivity contribution in [1.29, 1.82) is 0 Å². The van der Waals surface area contributed by atoms with Crippen LogP contribution in [0.2, 0.25) is 0 Å². The number of nitrogens with one attached hydrogen (secondary N) is 4. The molecule has 0 amide bonds. The standard InChI is InChI=1S/4C4H9N.4CH3NS2.Ti/c4*1-2-4-5-3-1;4*2-1(3)4;/h4*5H,1-4H2;4*(H3,2,3,4);/q;;;;;;;;+4/p-4. The molecule has 4 rings (SSSR count). The molecule has 12 N–H and O–H groups in total. The van der Waals surface area contributed by atoms with E-state index in [0.29, 0.717) is 0 Å². The van der Waals surface area contributed by atoms with Gasteiger partial charge in [-0.05, 0) is 104 Å². The average molecular weight is 701 g/mol. The van der Waals surface area contributed by atoms with E-state index in [1.165, 1.54) is 104 Å². The fraction of sp³-hybridized carbons (Fsp3) is 0.800. The Labute approximate surface area is 283 Å². The summed E-state index contributed by atoms with van der Waals surface area (Å²) >= 11 is 33.0. The molecule has 17 heteroatoms. The minimum atomic E-state index is 0. The molecule has 0 saturated carbocycles. The Morgan fingerprint density at radius 3 is 0.486 bits per heavy atom. The molecule has 0 unspecified atom stereocenters. The first-order valence-electron chi connectivity index (χ1n) is 11.6. The maximum absolute atomic E-state index is 4.66. The van der Waals surface area contributed by atoms with Crippen LogP contribution in [0.1, 0.15) is 51.4 Å². The third-order valence-electron chi connectivity index (χ3n) is 3.83. The molecule has 0 bridgehead atoms. The van der Waals surface area contributed by atoms with Crippen LogP contribution in [0.4, 0.5) is 0 Å². The van der Waals surface area contributed by atoms with Gasteiger partial charge in [-0.3, -0.25) is 0 Å². The van der Waals surface area contributed by atoms with Crippen molar-refractivity contribution >= 4 is 117 Å². The molecule has 4 fully saturated rings. The zero-order valence-electron chi connectivity index (χ0n) is 21.4. The number of hydrogen-bond acceptors (Lipinski definition) is 12. The second kappa shape index (κ2) is 44.0. The van der Waals surface area contributed by atoms with Gasteiger partial charge in [-0.2, -0.15) is 0 Å². The summed E-state index contributed by atoms with van der Waals surface area (Å²) in [6, 6.07) is 0. The predicted molar refractivity (Wildman–Crippen MR) is 185 cm³/mol. The number of nitrogens with two attached hydrogens (primary N) is 4. The van der Waals surface area contributed by atoms with Crippen LogP contribution in [-0.4, -0.2) is 69.6 Å². The second-order valence-electron chi connectivity index (χ2n) is 7.10. The van der Waals surface area contributed by atoms with Crippen LogP contribution in [0, 0.1) is 0 Å². The minimum Gasteiger partial charge on any atom is -0.415 e. The summed E-state index contributed by atoms with van der Waals surface area (Å²) in [7, 11) is 0. The molecule has 4 heterocycles. The summed E-state index contributed by atoms with van der Waals surface area (Å²) in [6.07, 6.45) is 11.1. The second-order valence-corrected chi connectivity index (χ2v) is 11.7. The van der Waals surface area contributed by atoms with Crippen LogP contribution in [0.25, 0.3) is 0 Å². The third-order valence-corrected chi connectivity index (χ3v) is 3.83. The van der Waals surface area contributed by atoms with E-state index in [1.54, 1.807) is 0 Å². The Kier molecular flexibility index (Phi) is 56.8. The summed E-state index contributed by atoms with van der Waals surface area (Å²) in [5, 5.41) is 12.9. The van der Waals surface area contributed by atoms with Gasteiger partial charge in [0.25, 0.3) is 0 Å². The summed E-state index contributed by atoms with van der Waals surface area (Å²) in [5.74, 6) is 0. The number of hydrogen-bond donors (Lipinski definition) is 8. The van der Waals surface area contributed by atoms with Gasteiger partial charge in [0.2, 0.25) is 0 Å². The predicted octanol–water partition coefficient (Wildman–Crippen LogP) is 0.584. The van der Waals surface area contributed by atoms with Gasteiger partial charge in [0.05, 0.1) is 0 Å². The first-order valence-corrected chi connectivity index (χ1v) is 14.9. The molecule has 4 saturated heterocycles. The Bertz CT molecular complexity index is 372. The Hall–Kier alpha value is 0.994. The van der Waals surface area contributed by atoms with Gasteiger partial charge in [0.1, 0.15) is 0 Å². The van der Waals surface area contributed by atoms with Crippen LogP contribution < -0.4 is 44.2 Å². The first kappa shape index (κ1) is 47.8. The van der Waals surface area contributed by atoms with E-state index in [1.807, 2.05) is 0 Å². The topological polar surface area (TPSA) is 152 Å². The van der Waals surface area contributed by atoms with E-state index in [0.717, 1.165) is 0 Å². The molecule has 0 aromatic rings. The third kappa shape index (κ3) is 103. The van der Waals surface area contributed by atoms with Crippen molar-refractivity contribution in [2.75, 3.05) is 52.4 Å². The molecule has 37 heavy (non-hydrogen) atoms. The van der Waals surface area contributed by atoms with Gasteiger partial charge in [-0.25, -0.2) is 0 Å². The van der Waals surface area contributed by atoms with Gasteiger partial charge in [-0.15, -0.1) is 0 Å². The fourth-order valence-electron chi connectivity index (χ4n) is 2.50. The molecule has 0 atom stereocenters. The van der Waals surface area contributed by atoms with Crippen molar-refractivity contribution < 1.29 is 21.7 Å². The minimum absolute atomic E-state index is 0. The van der Waals surface area contributed by atoms with Crippen molar-refractivity contribution in [2.24, 2.45) is 22.9 Å². The Morgan fingerprint density at radius 2 is 0.459 bits per heavy atom. The molecule has 216 valence electrons. The van der Waals surface area contributed by atoms with Crippen molar-refractivity contribution in [2.45, 2.75) is 51.4 Å². The molecule has 8 nitrogen and oxygen atoms in total. The van der Waals surface area contributed by atoms with Crippen LogP contribution in [0.5, 0.6) is 0 Å². The maximum Gasteiger partial charge on any atom is 4.00 e. The van der Waals surface area contributed by atoms with E-state index in [-0.39, 0.29) is 39.0 Å². The van der Waals surface area contributed by atoms with Crippen LogP contribution in [-0.2, 0) is 72.2 Å². The van der Waals surface area contributed by atoms with Gasteiger partial charge < -0.3 is 144 Å². The van der Waals surface area contributed by atoms with Crippen molar-refractivity contribution in [3.63, 3.8) is 0 Å². The van der Waals surface area contributed by atoms with Gasteiger partial charge in [0, 0.05) is 0 Å². The Balaban J connectivity index is -0.000000105. The monoisotopic (exact) mass is 700 g/mol. The van der Waals surface area contributed by atoms with Gasteiger partial charge in [-0.1, -0.05) is 17.3 Å². The van der Waals surface area contributed by atoms with Crippen molar-refractivity contribution in [3.05, 3.63) is 0 Å². The Morgan fingerprint density at radius 1 is 0.378 bits per heavy atom. The van der Waals surface area contributed by atoms with Crippen molar-refractivity contribution in [1.82, 2.24) is 21.3 Å². The van der Waals surface area contributed by atoms with Gasteiger partial charge >= 0.3 is 21.7 Å². The SMILES string of the molecule is C1CCNC1.C1CCNC1.C1CCNC1.C1CCNC1.NC(=S)[S-].NC(=S)[S-].NC(=S)[S-].NC(=S)[S-].[Ti+4]. The smallest absolute Gasteiger partial charge is 0.415 e. The van der Waals surface area contributed by atoms with Crippen LogP contribution in [0.15, 0.2) is 0 Å². The summed E-state index contributed by atoms with van der Waals surface area (Å²) in [6.45, 7) is 10.0. The maximum atomic E-state index is 4.66. The van der Waals surface area contributed by atoms with Gasteiger partial charge in [0.15, 0.2) is 0 Å². The summed E-state index contributed by atoms with van der Waals surface area (Å²) in [4.78, 5) is 0. The first-order chi connectivity index (χ1) is 16.9. The molecule has 0 aromatic carbocycles. The molecule has 4 aliphatic heterocycles. The molecular weight excluding hydrogens is 657 g/mol. The molecule has 0 spiro atoms. The normalized spacial score (nSPS) is 15.6. The quantitative estimate of drug-likeness (QED) is 0.101. The molecule has 0 radical (unpaired) electrons. The summed E-state index contributed by atoms with van der Waals surface area (Å²) < 4.78 is 0.333. The van der Waals surface area contributed by atoms with E-state index in [2.05, 4.69) is 144 Å². The van der Waals surface area contributed by atoms with Crippen molar-refractivity contribution in [3.8, 4) is 0 Å². The van der Waals surface area contributed by atoms with E-state index >= 15 is 0 Å². The van der Waals surface area contributed by atoms with E-state index in [4.69, 9.17) is 0 Å². The van der Waals surface area contributed by atoms with Crippen LogP contribution >= 0.6 is 48.9 Å². The molecule has 4 aliphatic rings. The molecule has 0 aliphatic carbocycles. The fourth-order valence-corrected chi connectivity index (χ4v) is 2.50.